The van der Waals surface area contributed by atoms with Crippen molar-refractivity contribution in [3.05, 3.63) is 0 Å². The van der Waals surface area contributed by atoms with Gasteiger partial charge in [-0.3, -0.25) is 9.59 Å². The number of primary amides is 2. The molecule has 0 aliphatic heterocycles. The van der Waals surface area contributed by atoms with Gasteiger partial charge < -0.3 is 11.5 Å². The summed E-state index contributed by atoms with van der Waals surface area (Å²) in [5.41, 5.74) is 6.30. The predicted octanol–water partition coefficient (Wildman–Crippen LogP) is 3.63. The standard InChI is InChI=1S/C10H16N4.C8H16N4O2.2ClH/c1-5-9(3,7-11)13-14-10(4,6-2)8-12;1-7(2,5(9)13)11-12-8(3,4)6(10)14;;/h5-6H2,1-4H3;1-4H3,(H2,9,13)(H2,10,14);2*1H. The summed E-state index contributed by atoms with van der Waals surface area (Å²) in [7, 11) is 0. The summed E-state index contributed by atoms with van der Waals surface area (Å²) < 4.78 is 0. The molecule has 0 saturated heterocycles. The van der Waals surface area contributed by atoms with Gasteiger partial charge in [0.05, 0.1) is 12.1 Å². The Kier molecular flexibility index (Phi) is 16.2. The molecule has 0 aliphatic carbocycles. The third-order valence-electron chi connectivity index (χ3n) is 4.11. The van der Waals surface area contributed by atoms with E-state index in [9.17, 15) is 9.59 Å². The summed E-state index contributed by atoms with van der Waals surface area (Å²) in [4.78, 5) is 21.7. The normalized spacial score (nSPS) is 15.1. The van der Waals surface area contributed by atoms with Crippen LogP contribution in [0.4, 0.5) is 0 Å². The lowest BCUT2D eigenvalue weighted by atomic mass is 10.0. The van der Waals surface area contributed by atoms with Crippen molar-refractivity contribution in [3.63, 3.8) is 0 Å². The van der Waals surface area contributed by atoms with Crippen molar-refractivity contribution in [2.75, 3.05) is 0 Å². The van der Waals surface area contributed by atoms with Crippen molar-refractivity contribution in [2.24, 2.45) is 31.9 Å². The minimum absolute atomic E-state index is 0. The molecule has 2 atom stereocenters. The molecule has 172 valence electrons. The topological polar surface area (TPSA) is 183 Å². The lowest BCUT2D eigenvalue weighted by Crippen LogP contribution is -2.39. The average Bonchev–Trinajstić information content (AvgIpc) is 2.64. The number of amides is 2. The van der Waals surface area contributed by atoms with Gasteiger partial charge in [-0.05, 0) is 54.4 Å². The smallest absolute Gasteiger partial charge is 0.246 e. The molecule has 0 spiro atoms. The van der Waals surface area contributed by atoms with Gasteiger partial charge in [-0.2, -0.15) is 31.0 Å². The number of hydrogen-bond donors (Lipinski definition) is 2. The van der Waals surface area contributed by atoms with Crippen molar-refractivity contribution >= 4 is 36.6 Å². The molecule has 0 saturated carbocycles. The van der Waals surface area contributed by atoms with E-state index in [-0.39, 0.29) is 24.8 Å². The van der Waals surface area contributed by atoms with Crippen LogP contribution in [0, 0.1) is 22.7 Å². The lowest BCUT2D eigenvalue weighted by Gasteiger charge is -2.17. The Labute approximate surface area is 191 Å². The second kappa shape index (κ2) is 13.8. The van der Waals surface area contributed by atoms with Gasteiger partial charge in [-0.25, -0.2) is 0 Å². The maximum Gasteiger partial charge on any atom is 0.246 e. The summed E-state index contributed by atoms with van der Waals surface area (Å²) in [6.07, 6.45) is 1.19. The largest absolute Gasteiger partial charge is 0.368 e. The third-order valence-corrected chi connectivity index (χ3v) is 4.11. The van der Waals surface area contributed by atoms with Crippen LogP contribution in [0.3, 0.4) is 0 Å². The van der Waals surface area contributed by atoms with Gasteiger partial charge in [0.2, 0.25) is 11.8 Å². The second-order valence-electron chi connectivity index (χ2n) is 7.72. The van der Waals surface area contributed by atoms with E-state index in [0.717, 1.165) is 0 Å². The van der Waals surface area contributed by atoms with Gasteiger partial charge >= 0.3 is 0 Å². The monoisotopic (exact) mass is 464 g/mol. The molecule has 0 aromatic rings. The van der Waals surface area contributed by atoms with Crippen LogP contribution in [0.5, 0.6) is 0 Å². The fraction of sp³-hybridized carbons (Fsp3) is 0.778. The fourth-order valence-corrected chi connectivity index (χ4v) is 0.914. The van der Waals surface area contributed by atoms with Crippen molar-refractivity contribution in [1.29, 1.82) is 10.5 Å². The van der Waals surface area contributed by atoms with Crippen LogP contribution < -0.4 is 11.5 Å². The maximum absolute atomic E-state index is 10.9. The molecule has 0 aromatic carbocycles. The molecule has 0 aromatic heterocycles. The minimum Gasteiger partial charge on any atom is -0.368 e. The van der Waals surface area contributed by atoms with Crippen LogP contribution >= 0.6 is 24.8 Å². The summed E-state index contributed by atoms with van der Waals surface area (Å²) >= 11 is 0. The minimum atomic E-state index is -1.12. The van der Waals surface area contributed by atoms with E-state index in [0.29, 0.717) is 12.8 Å². The molecule has 0 bridgehead atoms. The van der Waals surface area contributed by atoms with Crippen molar-refractivity contribution in [1.82, 2.24) is 0 Å². The Bertz CT molecular complexity index is 652. The number of azo groups is 2. The van der Waals surface area contributed by atoms with Gasteiger partial charge in [0.15, 0.2) is 22.2 Å². The van der Waals surface area contributed by atoms with E-state index in [2.05, 4.69) is 32.6 Å². The molecular formula is C18H34Cl2N8O2. The maximum atomic E-state index is 10.9. The summed E-state index contributed by atoms with van der Waals surface area (Å²) in [5, 5.41) is 33.0. The van der Waals surface area contributed by atoms with Crippen LogP contribution in [0.2, 0.25) is 0 Å². The second-order valence-corrected chi connectivity index (χ2v) is 7.72. The number of carbonyl (C=O) groups is 2. The highest BCUT2D eigenvalue weighted by Gasteiger charge is 2.29. The third kappa shape index (κ3) is 12.3. The molecule has 10 nitrogen and oxygen atoms in total. The first kappa shape index (κ1) is 35.2. The molecule has 0 rings (SSSR count). The SMILES string of the molecule is CC(C)(N=NC(C)(C)C(N)=O)C(N)=O.CCC(C)(C#N)N=NC(C)(C#N)CC.Cl.Cl. The van der Waals surface area contributed by atoms with Crippen LogP contribution in [0.15, 0.2) is 20.5 Å². The summed E-state index contributed by atoms with van der Waals surface area (Å²) in [6.45, 7) is 13.2. The first-order valence-corrected chi connectivity index (χ1v) is 8.85. The Morgan fingerprint density at radius 1 is 0.700 bits per heavy atom. The van der Waals surface area contributed by atoms with Crippen molar-refractivity contribution < 1.29 is 9.59 Å². The Morgan fingerprint density at radius 2 is 0.933 bits per heavy atom. The van der Waals surface area contributed by atoms with Crippen LogP contribution in [0.1, 0.15) is 68.2 Å². The number of nitrogens with zero attached hydrogens (tertiary/aromatic N) is 6. The van der Waals surface area contributed by atoms with E-state index in [1.54, 1.807) is 13.8 Å². The Balaban J connectivity index is -0.000000211. The van der Waals surface area contributed by atoms with E-state index < -0.39 is 34.0 Å². The van der Waals surface area contributed by atoms with E-state index in [4.69, 9.17) is 22.0 Å². The average molecular weight is 465 g/mol. The molecule has 0 heterocycles. The molecule has 2 unspecified atom stereocenters. The van der Waals surface area contributed by atoms with Gasteiger partial charge in [0, 0.05) is 0 Å². The zero-order valence-corrected chi connectivity index (χ0v) is 20.5. The van der Waals surface area contributed by atoms with Crippen molar-refractivity contribution in [3.8, 4) is 12.1 Å². The van der Waals surface area contributed by atoms with Crippen LogP contribution in [-0.4, -0.2) is 34.0 Å². The number of nitrogens with two attached hydrogens (primary N) is 2. The van der Waals surface area contributed by atoms with E-state index in [1.165, 1.54) is 27.7 Å². The number of hydrogen-bond acceptors (Lipinski definition) is 8. The van der Waals surface area contributed by atoms with Crippen molar-refractivity contribution in [2.45, 2.75) is 90.4 Å². The molecule has 2 amide bonds. The highest BCUT2D eigenvalue weighted by Crippen LogP contribution is 2.20. The van der Waals surface area contributed by atoms with Gasteiger partial charge in [-0.1, -0.05) is 13.8 Å². The molecule has 0 aliphatic rings. The van der Waals surface area contributed by atoms with Gasteiger partial charge in [-0.15, -0.1) is 24.8 Å². The first-order chi connectivity index (χ1) is 12.5. The van der Waals surface area contributed by atoms with Gasteiger partial charge in [0.1, 0.15) is 0 Å². The fourth-order valence-electron chi connectivity index (χ4n) is 0.914. The number of carbonyl (C=O) groups excluding carboxylic acids is 2. The van der Waals surface area contributed by atoms with E-state index >= 15 is 0 Å². The molecule has 0 radical (unpaired) electrons. The molecule has 0 fully saturated rings. The molecule has 30 heavy (non-hydrogen) atoms. The quantitative estimate of drug-likeness (QED) is 0.519. The number of rotatable bonds is 8. The summed E-state index contributed by atoms with van der Waals surface area (Å²) in [5.74, 6) is -1.22. The Morgan fingerprint density at radius 3 is 1.07 bits per heavy atom. The highest BCUT2D eigenvalue weighted by atomic mass is 35.5. The molecule has 12 heteroatoms. The number of halogens is 2. The molecule has 4 N–H and O–H groups in total. The van der Waals surface area contributed by atoms with E-state index in [1.807, 2.05) is 13.8 Å². The number of nitriles is 2. The Hall–Kier alpha value is -2.30. The zero-order valence-electron chi connectivity index (χ0n) is 18.9. The lowest BCUT2D eigenvalue weighted by molar-refractivity contribution is -0.124. The summed E-state index contributed by atoms with van der Waals surface area (Å²) in [6, 6.07) is 4.16. The van der Waals surface area contributed by atoms with Gasteiger partial charge in [0.25, 0.3) is 0 Å². The predicted molar refractivity (Wildman–Crippen MR) is 119 cm³/mol. The highest BCUT2D eigenvalue weighted by molar-refractivity contribution is 5.86. The molecular weight excluding hydrogens is 431 g/mol. The van der Waals surface area contributed by atoms with Crippen LogP contribution in [-0.2, 0) is 9.59 Å². The first-order valence-electron chi connectivity index (χ1n) is 8.85. The zero-order chi connectivity index (χ0) is 22.8. The van der Waals surface area contributed by atoms with Crippen LogP contribution in [0.25, 0.3) is 0 Å².